The summed E-state index contributed by atoms with van der Waals surface area (Å²) in [6.07, 6.45) is 1.08. The molecule has 0 aromatic heterocycles. The smallest absolute Gasteiger partial charge is 0.252 e. The van der Waals surface area contributed by atoms with Gasteiger partial charge in [0.2, 0.25) is 0 Å². The highest BCUT2D eigenvalue weighted by atomic mass is 127. The number of carbonyl (C=O) groups is 1. The Labute approximate surface area is 167 Å². The van der Waals surface area contributed by atoms with Crippen molar-refractivity contribution in [1.29, 1.82) is 0 Å². The van der Waals surface area contributed by atoms with E-state index in [1.54, 1.807) is 20.3 Å². The lowest BCUT2D eigenvalue weighted by atomic mass is 10.1. The van der Waals surface area contributed by atoms with Crippen molar-refractivity contribution in [2.24, 2.45) is 5.92 Å². The van der Waals surface area contributed by atoms with E-state index in [1.165, 1.54) is 5.69 Å². The number of para-hydroxylation sites is 1. The number of ether oxygens (including phenoxy) is 2. The summed E-state index contributed by atoms with van der Waals surface area (Å²) in [6, 6.07) is 14.0. The van der Waals surface area contributed by atoms with Crippen molar-refractivity contribution in [1.82, 2.24) is 5.32 Å². The molecule has 0 bridgehead atoms. The number of hydrogen-bond acceptors (Lipinski definition) is 4. The first-order chi connectivity index (χ1) is 12.6. The van der Waals surface area contributed by atoms with Crippen molar-refractivity contribution in [2.75, 3.05) is 38.8 Å². The predicted octanol–water partition coefficient (Wildman–Crippen LogP) is 3.56. The van der Waals surface area contributed by atoms with Gasteiger partial charge in [0.25, 0.3) is 5.91 Å². The Morgan fingerprint density at radius 1 is 1.19 bits per heavy atom. The van der Waals surface area contributed by atoms with Gasteiger partial charge in [-0.3, -0.25) is 4.79 Å². The fourth-order valence-electron chi connectivity index (χ4n) is 3.23. The fourth-order valence-corrected chi connectivity index (χ4v) is 3.92. The second-order valence-electron chi connectivity index (χ2n) is 6.33. The van der Waals surface area contributed by atoms with E-state index in [9.17, 15) is 4.79 Å². The number of amides is 1. The van der Waals surface area contributed by atoms with Gasteiger partial charge in [0, 0.05) is 28.9 Å². The molecule has 1 saturated heterocycles. The maximum Gasteiger partial charge on any atom is 0.252 e. The zero-order valence-electron chi connectivity index (χ0n) is 15.0. The molecule has 2 aromatic rings. The number of methoxy groups -OCH3 is 2. The van der Waals surface area contributed by atoms with Crippen LogP contribution in [-0.2, 0) is 0 Å². The molecule has 1 aliphatic heterocycles. The van der Waals surface area contributed by atoms with Crippen LogP contribution in [0.4, 0.5) is 5.69 Å². The maximum atomic E-state index is 12.6. The molecule has 1 aliphatic rings. The number of benzene rings is 2. The minimum atomic E-state index is -0.0754. The van der Waals surface area contributed by atoms with Crippen molar-refractivity contribution in [3.8, 4) is 11.5 Å². The third-order valence-electron chi connectivity index (χ3n) is 4.68. The Balaban J connectivity index is 1.60. The molecule has 0 radical (unpaired) electrons. The molecule has 0 spiro atoms. The molecule has 1 N–H and O–H groups in total. The Morgan fingerprint density at radius 2 is 1.88 bits per heavy atom. The Bertz CT molecular complexity index is 767. The van der Waals surface area contributed by atoms with E-state index in [4.69, 9.17) is 9.47 Å². The van der Waals surface area contributed by atoms with Crippen LogP contribution in [0.5, 0.6) is 11.5 Å². The summed E-state index contributed by atoms with van der Waals surface area (Å²) in [4.78, 5) is 15.0. The van der Waals surface area contributed by atoms with Crippen LogP contribution in [0.2, 0.25) is 0 Å². The van der Waals surface area contributed by atoms with Gasteiger partial charge in [-0.2, -0.15) is 0 Å². The molecule has 3 rings (SSSR count). The number of nitrogens with one attached hydrogen (secondary N) is 1. The van der Waals surface area contributed by atoms with Crippen LogP contribution in [0, 0.1) is 9.49 Å². The van der Waals surface area contributed by atoms with Crippen molar-refractivity contribution < 1.29 is 14.3 Å². The highest BCUT2D eigenvalue weighted by Gasteiger charge is 2.24. The minimum Gasteiger partial charge on any atom is -0.493 e. The van der Waals surface area contributed by atoms with E-state index in [1.807, 2.05) is 12.1 Å². The minimum absolute atomic E-state index is 0.0754. The van der Waals surface area contributed by atoms with Crippen LogP contribution in [0.15, 0.2) is 42.5 Å². The Kier molecular flexibility index (Phi) is 6.24. The molecule has 1 heterocycles. The maximum absolute atomic E-state index is 12.6. The zero-order chi connectivity index (χ0) is 18.5. The van der Waals surface area contributed by atoms with Crippen molar-refractivity contribution in [3.05, 3.63) is 51.6 Å². The highest BCUT2D eigenvalue weighted by Crippen LogP contribution is 2.31. The largest absolute Gasteiger partial charge is 0.493 e. The van der Waals surface area contributed by atoms with Gasteiger partial charge in [-0.25, -0.2) is 0 Å². The van der Waals surface area contributed by atoms with E-state index in [2.05, 4.69) is 57.1 Å². The average Bonchev–Trinajstić information content (AvgIpc) is 3.15. The third-order valence-corrected chi connectivity index (χ3v) is 5.57. The lowest BCUT2D eigenvalue weighted by Crippen LogP contribution is -2.31. The van der Waals surface area contributed by atoms with Crippen LogP contribution < -0.4 is 19.7 Å². The fraction of sp³-hybridized carbons (Fsp3) is 0.350. The van der Waals surface area contributed by atoms with E-state index in [0.717, 1.165) is 23.1 Å². The number of nitrogens with zero attached hydrogens (tertiary/aromatic N) is 1. The standard InChI is InChI=1S/C20H23IN2O3/c1-25-18-10-16(17(21)11-19(18)26-2)20(24)22-12-14-8-9-23(13-14)15-6-4-3-5-7-15/h3-7,10-11,14H,8-9,12-13H2,1-2H3,(H,22,24). The molecular formula is C20H23IN2O3. The quantitative estimate of drug-likeness (QED) is 0.662. The molecule has 138 valence electrons. The molecule has 5 nitrogen and oxygen atoms in total. The lowest BCUT2D eigenvalue weighted by Gasteiger charge is -2.19. The van der Waals surface area contributed by atoms with Gasteiger partial charge >= 0.3 is 0 Å². The molecule has 1 atom stereocenters. The lowest BCUT2D eigenvalue weighted by molar-refractivity contribution is 0.0947. The first-order valence-electron chi connectivity index (χ1n) is 8.62. The van der Waals surface area contributed by atoms with Crippen LogP contribution in [0.1, 0.15) is 16.8 Å². The van der Waals surface area contributed by atoms with E-state index >= 15 is 0 Å². The molecule has 1 unspecified atom stereocenters. The normalized spacial score (nSPS) is 16.4. The van der Waals surface area contributed by atoms with Gasteiger partial charge in [0.15, 0.2) is 11.5 Å². The molecule has 0 aliphatic carbocycles. The van der Waals surface area contributed by atoms with E-state index in [0.29, 0.717) is 29.5 Å². The molecule has 2 aromatic carbocycles. The van der Waals surface area contributed by atoms with Crippen molar-refractivity contribution in [2.45, 2.75) is 6.42 Å². The van der Waals surface area contributed by atoms with Gasteiger partial charge in [0.1, 0.15) is 0 Å². The number of anilines is 1. The second kappa shape index (κ2) is 8.62. The number of rotatable bonds is 6. The molecular weight excluding hydrogens is 443 g/mol. The van der Waals surface area contributed by atoms with E-state index < -0.39 is 0 Å². The highest BCUT2D eigenvalue weighted by molar-refractivity contribution is 14.1. The summed E-state index contributed by atoms with van der Waals surface area (Å²) in [6.45, 7) is 2.67. The van der Waals surface area contributed by atoms with E-state index in [-0.39, 0.29) is 5.91 Å². The Morgan fingerprint density at radius 3 is 2.58 bits per heavy atom. The summed E-state index contributed by atoms with van der Waals surface area (Å²) in [5.74, 6) is 1.57. The summed E-state index contributed by atoms with van der Waals surface area (Å²) < 4.78 is 11.4. The molecule has 1 fully saturated rings. The third kappa shape index (κ3) is 4.23. The number of halogens is 1. The average molecular weight is 466 g/mol. The molecule has 1 amide bonds. The molecule has 26 heavy (non-hydrogen) atoms. The topological polar surface area (TPSA) is 50.8 Å². The van der Waals surface area contributed by atoms with Crippen molar-refractivity contribution >= 4 is 34.2 Å². The van der Waals surface area contributed by atoms with Gasteiger partial charge < -0.3 is 19.7 Å². The summed E-state index contributed by atoms with van der Waals surface area (Å²) in [5, 5.41) is 3.08. The summed E-state index contributed by atoms with van der Waals surface area (Å²) in [5.41, 5.74) is 1.86. The SMILES string of the molecule is COc1cc(I)c(C(=O)NCC2CCN(c3ccccc3)C2)cc1OC. The van der Waals surface area contributed by atoms with Gasteiger partial charge in [-0.15, -0.1) is 0 Å². The number of hydrogen-bond donors (Lipinski definition) is 1. The zero-order valence-corrected chi connectivity index (χ0v) is 17.2. The predicted molar refractivity (Wildman–Crippen MR) is 111 cm³/mol. The first kappa shape index (κ1) is 18.8. The molecule has 0 saturated carbocycles. The second-order valence-corrected chi connectivity index (χ2v) is 7.50. The van der Waals surface area contributed by atoms with Gasteiger partial charge in [-0.1, -0.05) is 18.2 Å². The van der Waals surface area contributed by atoms with Gasteiger partial charge in [0.05, 0.1) is 19.8 Å². The van der Waals surface area contributed by atoms with Crippen molar-refractivity contribution in [3.63, 3.8) is 0 Å². The van der Waals surface area contributed by atoms with Crippen LogP contribution in [0.3, 0.4) is 0 Å². The van der Waals surface area contributed by atoms with Crippen LogP contribution >= 0.6 is 22.6 Å². The molecule has 6 heteroatoms. The van der Waals surface area contributed by atoms with Gasteiger partial charge in [-0.05, 0) is 59.2 Å². The summed E-state index contributed by atoms with van der Waals surface area (Å²) in [7, 11) is 3.16. The first-order valence-corrected chi connectivity index (χ1v) is 9.70. The Hall–Kier alpha value is -1.96. The summed E-state index contributed by atoms with van der Waals surface area (Å²) >= 11 is 2.15. The van der Waals surface area contributed by atoms with Crippen LogP contribution in [0.25, 0.3) is 0 Å². The monoisotopic (exact) mass is 466 g/mol. The number of carbonyl (C=O) groups excluding carboxylic acids is 1. The van der Waals surface area contributed by atoms with Crippen LogP contribution in [-0.4, -0.2) is 39.8 Å².